The normalized spacial score (nSPS) is 27.8. The van der Waals surface area contributed by atoms with Gasteiger partial charge in [0.15, 0.2) is 0 Å². The summed E-state index contributed by atoms with van der Waals surface area (Å²) in [7, 11) is 0. The average Bonchev–Trinajstić information content (AvgIpc) is 2.53. The lowest BCUT2D eigenvalue weighted by molar-refractivity contribution is 0.164. The van der Waals surface area contributed by atoms with E-state index in [1.54, 1.807) is 0 Å². The smallest absolute Gasteiger partial charge is 0.0608 e. The average molecular weight is 176 g/mol. The number of hydrogen-bond acceptors (Lipinski definition) is 1. The van der Waals surface area contributed by atoms with Crippen LogP contribution in [0.25, 0.3) is 0 Å². The molecule has 0 spiro atoms. The summed E-state index contributed by atoms with van der Waals surface area (Å²) >= 11 is 0. The van der Waals surface area contributed by atoms with Crippen molar-refractivity contribution in [2.24, 2.45) is 0 Å². The largest absolute Gasteiger partial charge is 0.392 e. The summed E-state index contributed by atoms with van der Waals surface area (Å²) < 4.78 is 0. The highest BCUT2D eigenvalue weighted by Crippen LogP contribution is 2.34. The van der Waals surface area contributed by atoms with E-state index in [0.29, 0.717) is 5.92 Å². The third-order valence-electron chi connectivity index (χ3n) is 2.98. The molecule has 0 heterocycles. The Balaban J connectivity index is 2.20. The van der Waals surface area contributed by atoms with Gasteiger partial charge in [-0.25, -0.2) is 0 Å². The second-order valence-electron chi connectivity index (χ2n) is 4.02. The number of aryl methyl sites for hydroxylation is 1. The maximum atomic E-state index is 9.71. The van der Waals surface area contributed by atoms with Crippen molar-refractivity contribution in [3.63, 3.8) is 0 Å². The van der Waals surface area contributed by atoms with Crippen molar-refractivity contribution in [2.45, 2.75) is 38.2 Å². The van der Waals surface area contributed by atoms with Crippen molar-refractivity contribution in [1.29, 1.82) is 0 Å². The zero-order chi connectivity index (χ0) is 9.26. The molecule has 1 saturated carbocycles. The Bertz CT molecular complexity index is 276. The molecule has 1 aliphatic rings. The summed E-state index contributed by atoms with van der Waals surface area (Å²) in [6.07, 6.45) is 3.17. The number of benzene rings is 1. The van der Waals surface area contributed by atoms with Crippen LogP contribution in [0, 0.1) is 6.92 Å². The van der Waals surface area contributed by atoms with Gasteiger partial charge in [-0.1, -0.05) is 36.2 Å². The topological polar surface area (TPSA) is 20.2 Å². The molecule has 13 heavy (non-hydrogen) atoms. The fraction of sp³-hybridized carbons (Fsp3) is 0.500. The Morgan fingerprint density at radius 2 is 1.85 bits per heavy atom. The molecule has 0 unspecified atom stereocenters. The quantitative estimate of drug-likeness (QED) is 0.697. The molecule has 1 aromatic rings. The molecule has 0 radical (unpaired) electrons. The van der Waals surface area contributed by atoms with Crippen LogP contribution < -0.4 is 0 Å². The van der Waals surface area contributed by atoms with Crippen LogP contribution in [0.1, 0.15) is 36.3 Å². The minimum absolute atomic E-state index is 0.109. The molecule has 2 atom stereocenters. The van der Waals surface area contributed by atoms with Crippen LogP contribution in [-0.4, -0.2) is 11.2 Å². The number of rotatable bonds is 1. The molecule has 1 N–H and O–H groups in total. The van der Waals surface area contributed by atoms with Gasteiger partial charge in [-0.2, -0.15) is 0 Å². The van der Waals surface area contributed by atoms with Crippen LogP contribution in [0.2, 0.25) is 0 Å². The highest BCUT2D eigenvalue weighted by molar-refractivity contribution is 5.26. The molecule has 0 bridgehead atoms. The van der Waals surface area contributed by atoms with Gasteiger partial charge in [0.2, 0.25) is 0 Å². The number of aliphatic hydroxyl groups is 1. The maximum Gasteiger partial charge on any atom is 0.0608 e. The van der Waals surface area contributed by atoms with E-state index in [4.69, 9.17) is 0 Å². The van der Waals surface area contributed by atoms with Crippen LogP contribution in [0.3, 0.4) is 0 Å². The third-order valence-corrected chi connectivity index (χ3v) is 2.98. The predicted molar refractivity (Wildman–Crippen MR) is 53.8 cm³/mol. The molecule has 1 aromatic carbocycles. The van der Waals surface area contributed by atoms with Crippen molar-refractivity contribution in [1.82, 2.24) is 0 Å². The molecular weight excluding hydrogens is 160 g/mol. The molecule has 2 rings (SSSR count). The molecule has 1 heteroatoms. The standard InChI is InChI=1S/C12H16O/c1-9-5-7-10(8-6-9)11-3-2-4-12(11)13/h5-8,11-13H,2-4H2,1H3/t11-,12-/m0/s1. The van der Waals surface area contributed by atoms with Crippen LogP contribution in [0.15, 0.2) is 24.3 Å². The molecule has 1 fully saturated rings. The Kier molecular flexibility index (Phi) is 2.36. The van der Waals surface area contributed by atoms with Crippen molar-refractivity contribution < 1.29 is 5.11 Å². The van der Waals surface area contributed by atoms with Gasteiger partial charge in [0.05, 0.1) is 6.10 Å². The van der Waals surface area contributed by atoms with Crippen LogP contribution in [0.4, 0.5) is 0 Å². The maximum absolute atomic E-state index is 9.71. The minimum atomic E-state index is -0.109. The second kappa shape index (κ2) is 3.51. The molecule has 0 aromatic heterocycles. The van der Waals surface area contributed by atoms with Crippen molar-refractivity contribution in [3.05, 3.63) is 35.4 Å². The van der Waals surface area contributed by atoms with Crippen molar-refractivity contribution >= 4 is 0 Å². The van der Waals surface area contributed by atoms with Gasteiger partial charge in [-0.15, -0.1) is 0 Å². The Morgan fingerprint density at radius 1 is 1.15 bits per heavy atom. The predicted octanol–water partition coefficient (Wildman–Crippen LogP) is 2.62. The monoisotopic (exact) mass is 176 g/mol. The van der Waals surface area contributed by atoms with Crippen LogP contribution >= 0.6 is 0 Å². The summed E-state index contributed by atoms with van der Waals surface area (Å²) in [5.41, 5.74) is 2.59. The first-order valence-electron chi connectivity index (χ1n) is 5.02. The van der Waals surface area contributed by atoms with Gasteiger partial charge in [0, 0.05) is 5.92 Å². The van der Waals surface area contributed by atoms with Gasteiger partial charge in [-0.3, -0.25) is 0 Å². The zero-order valence-electron chi connectivity index (χ0n) is 8.03. The minimum Gasteiger partial charge on any atom is -0.392 e. The first-order chi connectivity index (χ1) is 6.27. The fourth-order valence-corrected chi connectivity index (χ4v) is 2.14. The van der Waals surface area contributed by atoms with Gasteiger partial charge >= 0.3 is 0 Å². The zero-order valence-corrected chi connectivity index (χ0v) is 8.03. The lowest BCUT2D eigenvalue weighted by atomic mass is 9.95. The summed E-state index contributed by atoms with van der Waals surface area (Å²) in [5.74, 6) is 0.389. The molecular formula is C12H16O. The summed E-state index contributed by atoms with van der Waals surface area (Å²) in [6.45, 7) is 2.09. The van der Waals surface area contributed by atoms with E-state index in [0.717, 1.165) is 12.8 Å². The summed E-state index contributed by atoms with van der Waals surface area (Å²) in [5, 5.41) is 9.71. The molecule has 1 nitrogen and oxygen atoms in total. The lowest BCUT2D eigenvalue weighted by Crippen LogP contribution is -2.10. The van der Waals surface area contributed by atoms with E-state index in [1.165, 1.54) is 17.5 Å². The van der Waals surface area contributed by atoms with Gasteiger partial charge in [-0.05, 0) is 25.3 Å². The number of hydrogen-bond donors (Lipinski definition) is 1. The van der Waals surface area contributed by atoms with Crippen LogP contribution in [-0.2, 0) is 0 Å². The van der Waals surface area contributed by atoms with E-state index < -0.39 is 0 Å². The van der Waals surface area contributed by atoms with Gasteiger partial charge in [0.25, 0.3) is 0 Å². The van der Waals surface area contributed by atoms with E-state index in [-0.39, 0.29) is 6.10 Å². The van der Waals surface area contributed by atoms with E-state index in [2.05, 4.69) is 31.2 Å². The Hall–Kier alpha value is -0.820. The molecule has 0 saturated heterocycles. The molecule has 0 aliphatic heterocycles. The molecule has 70 valence electrons. The molecule has 0 amide bonds. The first kappa shape index (κ1) is 8.76. The Morgan fingerprint density at radius 3 is 2.38 bits per heavy atom. The highest BCUT2D eigenvalue weighted by Gasteiger charge is 2.26. The second-order valence-corrected chi connectivity index (χ2v) is 4.02. The summed E-state index contributed by atoms with van der Waals surface area (Å²) in [4.78, 5) is 0. The van der Waals surface area contributed by atoms with E-state index in [9.17, 15) is 5.11 Å². The first-order valence-corrected chi connectivity index (χ1v) is 5.02. The van der Waals surface area contributed by atoms with Gasteiger partial charge < -0.3 is 5.11 Å². The lowest BCUT2D eigenvalue weighted by Gasteiger charge is -2.14. The van der Waals surface area contributed by atoms with E-state index in [1.807, 2.05) is 0 Å². The fourth-order valence-electron chi connectivity index (χ4n) is 2.14. The SMILES string of the molecule is Cc1ccc([C@@H]2CCC[C@@H]2O)cc1. The number of aliphatic hydroxyl groups excluding tert-OH is 1. The van der Waals surface area contributed by atoms with Gasteiger partial charge in [0.1, 0.15) is 0 Å². The van der Waals surface area contributed by atoms with E-state index >= 15 is 0 Å². The Labute approximate surface area is 79.4 Å². The van der Waals surface area contributed by atoms with Crippen molar-refractivity contribution in [3.8, 4) is 0 Å². The third kappa shape index (κ3) is 1.75. The van der Waals surface area contributed by atoms with Crippen LogP contribution in [0.5, 0.6) is 0 Å². The highest BCUT2D eigenvalue weighted by atomic mass is 16.3. The van der Waals surface area contributed by atoms with Crippen molar-refractivity contribution in [2.75, 3.05) is 0 Å². The molecule has 1 aliphatic carbocycles. The summed E-state index contributed by atoms with van der Waals surface area (Å²) in [6, 6.07) is 8.55.